The Labute approximate surface area is 186 Å². The predicted molar refractivity (Wildman–Crippen MR) is 115 cm³/mol. The van der Waals surface area contributed by atoms with Crippen LogP contribution in [0.2, 0.25) is 5.15 Å². The standard InChI is InChI=1S/C22H18ClF3N6/c1-14-10-15(2-7-18(14)30-12-19(23)27-13-30)11-20-28-21-31(8-9-32(21)29-20)17-5-3-16(4-6-17)22(24,25)26/h2-7,10,12-13H,8-9,11H2,1H3. The average molecular weight is 459 g/mol. The zero-order valence-corrected chi connectivity index (χ0v) is 17.8. The van der Waals surface area contributed by atoms with Gasteiger partial charge >= 0.3 is 6.18 Å². The molecular formula is C22H18ClF3N6. The Balaban J connectivity index is 1.35. The molecule has 0 bridgehead atoms. The van der Waals surface area contributed by atoms with E-state index in [2.05, 4.69) is 21.1 Å². The van der Waals surface area contributed by atoms with Crippen LogP contribution in [-0.4, -0.2) is 30.9 Å². The number of hydrogen-bond acceptors (Lipinski definition) is 4. The Morgan fingerprint density at radius 1 is 1.06 bits per heavy atom. The highest BCUT2D eigenvalue weighted by Crippen LogP contribution is 2.33. The lowest BCUT2D eigenvalue weighted by atomic mass is 10.1. The predicted octanol–water partition coefficient (Wildman–Crippen LogP) is 5.19. The number of rotatable bonds is 4. The number of benzene rings is 2. The Morgan fingerprint density at radius 2 is 1.84 bits per heavy atom. The van der Waals surface area contributed by atoms with E-state index in [1.54, 1.807) is 17.2 Å². The number of imidazole rings is 1. The van der Waals surface area contributed by atoms with Gasteiger partial charge in [-0.1, -0.05) is 23.7 Å². The molecule has 0 amide bonds. The number of aromatic nitrogens is 5. The van der Waals surface area contributed by atoms with Gasteiger partial charge in [-0.15, -0.1) is 0 Å². The van der Waals surface area contributed by atoms with E-state index in [-0.39, 0.29) is 0 Å². The maximum Gasteiger partial charge on any atom is 0.416 e. The van der Waals surface area contributed by atoms with Crippen LogP contribution in [0.25, 0.3) is 5.69 Å². The average Bonchev–Trinajstić information content (AvgIpc) is 3.43. The van der Waals surface area contributed by atoms with Gasteiger partial charge in [0.25, 0.3) is 0 Å². The van der Waals surface area contributed by atoms with Crippen molar-refractivity contribution >= 4 is 23.2 Å². The van der Waals surface area contributed by atoms with Gasteiger partial charge in [-0.25, -0.2) is 9.67 Å². The van der Waals surface area contributed by atoms with Crippen LogP contribution >= 0.6 is 11.6 Å². The zero-order valence-electron chi connectivity index (χ0n) is 17.0. The van der Waals surface area contributed by atoms with Gasteiger partial charge in [-0.2, -0.15) is 23.3 Å². The zero-order chi connectivity index (χ0) is 22.5. The Hall–Kier alpha value is -3.33. The fourth-order valence-electron chi connectivity index (χ4n) is 3.90. The Kier molecular flexibility index (Phi) is 4.93. The van der Waals surface area contributed by atoms with Gasteiger partial charge in [0.05, 0.1) is 12.1 Å². The van der Waals surface area contributed by atoms with Gasteiger partial charge in [0.1, 0.15) is 11.5 Å². The van der Waals surface area contributed by atoms with Crippen LogP contribution < -0.4 is 4.90 Å². The van der Waals surface area contributed by atoms with Crippen molar-refractivity contribution in [2.75, 3.05) is 11.4 Å². The minimum atomic E-state index is -4.35. The molecule has 2 aromatic carbocycles. The summed E-state index contributed by atoms with van der Waals surface area (Å²) in [5, 5.41) is 5.02. The van der Waals surface area contributed by atoms with E-state index in [0.717, 1.165) is 28.9 Å². The third kappa shape index (κ3) is 3.84. The van der Waals surface area contributed by atoms with Crippen molar-refractivity contribution in [1.82, 2.24) is 24.3 Å². The summed E-state index contributed by atoms with van der Waals surface area (Å²) in [5.74, 6) is 1.30. The van der Waals surface area contributed by atoms with Gasteiger partial charge in [0.2, 0.25) is 5.95 Å². The molecule has 0 saturated carbocycles. The van der Waals surface area contributed by atoms with Crippen molar-refractivity contribution in [2.24, 2.45) is 0 Å². The van der Waals surface area contributed by atoms with Crippen molar-refractivity contribution in [1.29, 1.82) is 0 Å². The molecular weight excluding hydrogens is 441 g/mol. The topological polar surface area (TPSA) is 51.8 Å². The van der Waals surface area contributed by atoms with Crippen molar-refractivity contribution in [2.45, 2.75) is 26.1 Å². The smallest absolute Gasteiger partial charge is 0.309 e. The van der Waals surface area contributed by atoms with Crippen molar-refractivity contribution in [3.63, 3.8) is 0 Å². The lowest BCUT2D eigenvalue weighted by Gasteiger charge is -2.16. The SMILES string of the molecule is Cc1cc(Cc2nc3n(n2)CCN3c2ccc(C(F)(F)F)cc2)ccc1-n1cnc(Cl)c1. The lowest BCUT2D eigenvalue weighted by molar-refractivity contribution is -0.137. The fourth-order valence-corrected chi connectivity index (χ4v) is 4.05. The number of alkyl halides is 3. The van der Waals surface area contributed by atoms with Crippen molar-refractivity contribution in [3.8, 4) is 5.69 Å². The van der Waals surface area contributed by atoms with E-state index < -0.39 is 11.7 Å². The second kappa shape index (κ2) is 7.67. The van der Waals surface area contributed by atoms with E-state index in [1.807, 2.05) is 28.5 Å². The summed E-state index contributed by atoms with van der Waals surface area (Å²) < 4.78 is 42.2. The molecule has 0 N–H and O–H groups in total. The number of halogens is 4. The summed E-state index contributed by atoms with van der Waals surface area (Å²) in [4.78, 5) is 10.6. The first-order valence-electron chi connectivity index (χ1n) is 9.96. The third-order valence-electron chi connectivity index (χ3n) is 5.43. The van der Waals surface area contributed by atoms with E-state index in [4.69, 9.17) is 11.6 Å². The minimum absolute atomic E-state index is 0.433. The van der Waals surface area contributed by atoms with Crippen LogP contribution in [0.3, 0.4) is 0 Å². The van der Waals surface area contributed by atoms with Crippen LogP contribution in [0.15, 0.2) is 55.0 Å². The first-order valence-corrected chi connectivity index (χ1v) is 10.3. The van der Waals surface area contributed by atoms with E-state index >= 15 is 0 Å². The normalized spacial score (nSPS) is 13.6. The number of aryl methyl sites for hydroxylation is 1. The van der Waals surface area contributed by atoms with Crippen LogP contribution in [0.5, 0.6) is 0 Å². The molecule has 0 fully saturated rings. The van der Waals surface area contributed by atoms with E-state index in [0.29, 0.717) is 42.1 Å². The molecule has 0 unspecified atom stereocenters. The summed E-state index contributed by atoms with van der Waals surface area (Å²) in [6.45, 7) is 3.25. The molecule has 3 heterocycles. The summed E-state index contributed by atoms with van der Waals surface area (Å²) in [6.07, 6.45) is -0.385. The number of fused-ring (bicyclic) bond motifs is 1. The summed E-state index contributed by atoms with van der Waals surface area (Å²) in [7, 11) is 0. The highest BCUT2D eigenvalue weighted by molar-refractivity contribution is 6.29. The second-order valence-electron chi connectivity index (χ2n) is 7.65. The molecule has 164 valence electrons. The van der Waals surface area contributed by atoms with Crippen LogP contribution in [0.1, 0.15) is 22.5 Å². The summed E-state index contributed by atoms with van der Waals surface area (Å²) >= 11 is 5.92. The van der Waals surface area contributed by atoms with Crippen LogP contribution in [0, 0.1) is 6.92 Å². The molecule has 1 aliphatic rings. The molecule has 32 heavy (non-hydrogen) atoms. The van der Waals surface area contributed by atoms with Crippen LogP contribution in [-0.2, 0) is 19.1 Å². The van der Waals surface area contributed by atoms with Crippen molar-refractivity contribution < 1.29 is 13.2 Å². The van der Waals surface area contributed by atoms with Gasteiger partial charge in [-0.05, 0) is 48.4 Å². The first kappa shape index (κ1) is 20.6. The molecule has 1 aliphatic heterocycles. The van der Waals surface area contributed by atoms with Gasteiger partial charge in [-0.3, -0.25) is 0 Å². The Bertz CT molecular complexity index is 1280. The monoisotopic (exact) mass is 458 g/mol. The van der Waals surface area contributed by atoms with Gasteiger partial charge in [0, 0.05) is 30.5 Å². The lowest BCUT2D eigenvalue weighted by Crippen LogP contribution is -2.15. The fraction of sp³-hybridized carbons (Fsp3) is 0.227. The number of hydrogen-bond donors (Lipinski definition) is 0. The highest BCUT2D eigenvalue weighted by atomic mass is 35.5. The molecule has 0 saturated heterocycles. The third-order valence-corrected chi connectivity index (χ3v) is 5.63. The van der Waals surface area contributed by atoms with Gasteiger partial charge < -0.3 is 9.47 Å². The molecule has 0 spiro atoms. The molecule has 10 heteroatoms. The Morgan fingerprint density at radius 3 is 2.50 bits per heavy atom. The van der Waals surface area contributed by atoms with E-state index in [1.165, 1.54) is 12.1 Å². The second-order valence-corrected chi connectivity index (χ2v) is 8.04. The maximum absolute atomic E-state index is 12.8. The first-order chi connectivity index (χ1) is 15.3. The molecule has 2 aromatic heterocycles. The number of anilines is 2. The molecule has 5 rings (SSSR count). The summed E-state index contributed by atoms with van der Waals surface area (Å²) in [6, 6.07) is 11.2. The van der Waals surface area contributed by atoms with Gasteiger partial charge in [0.15, 0.2) is 5.82 Å². The van der Waals surface area contributed by atoms with Crippen molar-refractivity contribution in [3.05, 3.63) is 82.7 Å². The van der Waals surface area contributed by atoms with Crippen LogP contribution in [0.4, 0.5) is 24.8 Å². The molecule has 0 aliphatic carbocycles. The summed E-state index contributed by atoms with van der Waals surface area (Å²) in [5.41, 5.74) is 3.11. The largest absolute Gasteiger partial charge is 0.416 e. The molecule has 0 radical (unpaired) electrons. The van der Waals surface area contributed by atoms with E-state index in [9.17, 15) is 13.2 Å². The maximum atomic E-state index is 12.8. The minimum Gasteiger partial charge on any atom is -0.309 e. The molecule has 6 nitrogen and oxygen atoms in total. The molecule has 0 atom stereocenters. The number of nitrogens with zero attached hydrogens (tertiary/aromatic N) is 6. The quantitative estimate of drug-likeness (QED) is 0.422. The highest BCUT2D eigenvalue weighted by Gasteiger charge is 2.31. The molecule has 4 aromatic rings.